The summed E-state index contributed by atoms with van der Waals surface area (Å²) in [4.78, 5) is 65.6. The fraction of sp³-hybridized carbons (Fsp3) is 0.725. The number of carbonyl (C=O) groups excluding carboxylic acids is 5. The second-order valence-corrected chi connectivity index (χ2v) is 13.9. The molecule has 1 rings (SSSR count). The van der Waals surface area contributed by atoms with E-state index in [4.69, 9.17) is 19.9 Å². The highest BCUT2D eigenvalue weighted by Crippen LogP contribution is 2.12. The Balaban J connectivity index is 2.86. The third-order valence-corrected chi connectivity index (χ3v) is 9.08. The Morgan fingerprint density at radius 2 is 0.982 bits per heavy atom. The van der Waals surface area contributed by atoms with Gasteiger partial charge in [-0.3, -0.25) is 24.0 Å². The molecule has 3 unspecified atom stereocenters. The molecule has 0 spiro atoms. The fourth-order valence-corrected chi connectivity index (χ4v) is 5.77. The summed E-state index contributed by atoms with van der Waals surface area (Å²) in [6.45, 7) is 3.43. The van der Waals surface area contributed by atoms with Crippen LogP contribution in [0, 0.1) is 0 Å². The van der Waals surface area contributed by atoms with Gasteiger partial charge in [0, 0.05) is 73.6 Å². The predicted molar refractivity (Wildman–Crippen MR) is 212 cm³/mol. The van der Waals surface area contributed by atoms with Crippen LogP contribution in [0.3, 0.4) is 0 Å². The van der Waals surface area contributed by atoms with E-state index in [1.165, 1.54) is 12.1 Å². The van der Waals surface area contributed by atoms with E-state index in [0.717, 1.165) is 82.6 Å². The average Bonchev–Trinajstić information content (AvgIpc) is 3.17. The predicted octanol–water partition coefficient (Wildman–Crippen LogP) is 2.76. The van der Waals surface area contributed by atoms with E-state index in [0.29, 0.717) is 39.5 Å². The first-order valence-electron chi connectivity index (χ1n) is 20.0. The van der Waals surface area contributed by atoms with Crippen molar-refractivity contribution < 1.29 is 43.3 Å². The molecule has 15 heteroatoms. The Labute approximate surface area is 328 Å². The Kier molecular flexibility index (Phi) is 29.0. The van der Waals surface area contributed by atoms with Crippen molar-refractivity contribution in [1.82, 2.24) is 26.6 Å². The third kappa shape index (κ3) is 25.8. The van der Waals surface area contributed by atoms with Crippen LogP contribution in [0.4, 0.5) is 0 Å². The van der Waals surface area contributed by atoms with E-state index in [1.54, 1.807) is 33.5 Å². The van der Waals surface area contributed by atoms with Crippen molar-refractivity contribution in [3.05, 3.63) is 29.8 Å². The third-order valence-electron chi connectivity index (χ3n) is 9.08. The molecule has 0 aliphatic heterocycles. The molecule has 0 aromatic heterocycles. The Morgan fingerprint density at radius 3 is 1.45 bits per heavy atom. The van der Waals surface area contributed by atoms with Gasteiger partial charge in [0.25, 0.3) is 0 Å². The van der Waals surface area contributed by atoms with Crippen molar-refractivity contribution in [1.29, 1.82) is 0 Å². The zero-order valence-electron chi connectivity index (χ0n) is 33.6. The van der Waals surface area contributed by atoms with Crippen LogP contribution < -0.4 is 32.3 Å². The number of amides is 5. The number of nitrogens with two attached hydrogens (primary N) is 1. The van der Waals surface area contributed by atoms with Gasteiger partial charge in [-0.05, 0) is 75.5 Å². The van der Waals surface area contributed by atoms with Gasteiger partial charge in [-0.2, -0.15) is 0 Å². The Bertz CT molecular complexity index is 1200. The van der Waals surface area contributed by atoms with Crippen LogP contribution in [0.1, 0.15) is 108 Å². The number of methoxy groups -OCH3 is 3. The lowest BCUT2D eigenvalue weighted by molar-refractivity contribution is -0.131. The number of phenolic OH excluding ortho intramolecular Hbond substituents is 1. The summed E-state index contributed by atoms with van der Waals surface area (Å²) in [7, 11) is 4.99. The average molecular weight is 779 g/mol. The van der Waals surface area contributed by atoms with Crippen LogP contribution in [-0.4, -0.2) is 114 Å². The Morgan fingerprint density at radius 1 is 0.564 bits per heavy atom. The van der Waals surface area contributed by atoms with Gasteiger partial charge >= 0.3 is 0 Å². The SMILES string of the molecule is COCCCCCCNC(=O)CCC(NC(=O)CCC(NC(=O)C(N)Cc1ccc(O)cc1)C(=O)NCCCCCCOC)C(=O)NCCCCCCOC. The second-order valence-electron chi connectivity index (χ2n) is 13.9. The summed E-state index contributed by atoms with van der Waals surface area (Å²) >= 11 is 0. The summed E-state index contributed by atoms with van der Waals surface area (Å²) in [5.41, 5.74) is 6.92. The van der Waals surface area contributed by atoms with E-state index in [2.05, 4.69) is 26.6 Å². The maximum absolute atomic E-state index is 13.3. The highest BCUT2D eigenvalue weighted by atomic mass is 16.5. The summed E-state index contributed by atoms with van der Waals surface area (Å²) in [5, 5.41) is 23.7. The first-order valence-corrected chi connectivity index (χ1v) is 20.0. The number of ether oxygens (including phenoxy) is 3. The number of unbranched alkanes of at least 4 members (excludes halogenated alkanes) is 9. The summed E-state index contributed by atoms with van der Waals surface area (Å²) in [5.74, 6) is -1.99. The quantitative estimate of drug-likeness (QED) is 0.0508. The van der Waals surface area contributed by atoms with E-state index in [-0.39, 0.29) is 49.7 Å². The van der Waals surface area contributed by atoms with Crippen molar-refractivity contribution in [3.8, 4) is 5.75 Å². The molecule has 0 saturated heterocycles. The maximum atomic E-state index is 13.3. The molecule has 314 valence electrons. The standard InChI is InChI=1S/C40H70N6O9/c1-53-27-13-7-4-10-24-42-36(48)22-20-34(39(51)43-25-11-5-8-14-28-54-2)45-37(49)23-21-35(40(52)44-26-12-6-9-15-29-55-3)46-38(50)33(41)30-31-16-18-32(47)19-17-31/h16-19,33-35,47H,4-15,20-30,41H2,1-3H3,(H,42,48)(H,43,51)(H,44,52)(H,45,49)(H,46,50). The minimum absolute atomic E-state index is 0.0378. The highest BCUT2D eigenvalue weighted by Gasteiger charge is 2.26. The zero-order valence-corrected chi connectivity index (χ0v) is 33.6. The fourth-order valence-electron chi connectivity index (χ4n) is 5.77. The van der Waals surface area contributed by atoms with Crippen molar-refractivity contribution in [2.45, 2.75) is 127 Å². The topological polar surface area (TPSA) is 219 Å². The minimum Gasteiger partial charge on any atom is -0.508 e. The second kappa shape index (κ2) is 32.5. The summed E-state index contributed by atoms with van der Waals surface area (Å²) in [6.07, 6.45) is 11.0. The largest absolute Gasteiger partial charge is 0.508 e. The van der Waals surface area contributed by atoms with Gasteiger partial charge in [0.2, 0.25) is 29.5 Å². The molecular weight excluding hydrogens is 708 g/mol. The number of hydrogen-bond acceptors (Lipinski definition) is 10. The lowest BCUT2D eigenvalue weighted by Gasteiger charge is -2.22. The van der Waals surface area contributed by atoms with Gasteiger partial charge in [-0.15, -0.1) is 0 Å². The number of benzene rings is 1. The van der Waals surface area contributed by atoms with Crippen molar-refractivity contribution in [2.75, 3.05) is 60.8 Å². The Hall–Kier alpha value is -3.79. The van der Waals surface area contributed by atoms with Crippen LogP contribution in [0.5, 0.6) is 5.75 Å². The van der Waals surface area contributed by atoms with Crippen molar-refractivity contribution >= 4 is 29.5 Å². The van der Waals surface area contributed by atoms with Crippen molar-refractivity contribution in [2.24, 2.45) is 5.73 Å². The molecule has 0 bridgehead atoms. The molecule has 0 radical (unpaired) electrons. The molecule has 1 aromatic carbocycles. The molecule has 3 atom stereocenters. The first-order chi connectivity index (χ1) is 26.6. The zero-order chi connectivity index (χ0) is 40.5. The molecule has 0 aliphatic carbocycles. The van der Waals surface area contributed by atoms with E-state index < -0.39 is 35.8 Å². The van der Waals surface area contributed by atoms with E-state index >= 15 is 0 Å². The molecule has 5 amide bonds. The number of phenols is 1. The molecule has 0 saturated carbocycles. The number of carbonyl (C=O) groups is 5. The molecular formula is C40H70N6O9. The van der Waals surface area contributed by atoms with Gasteiger partial charge in [0.1, 0.15) is 17.8 Å². The van der Waals surface area contributed by atoms with Gasteiger partial charge in [-0.25, -0.2) is 0 Å². The lowest BCUT2D eigenvalue weighted by atomic mass is 10.0. The van der Waals surface area contributed by atoms with Crippen LogP contribution in [-0.2, 0) is 44.6 Å². The van der Waals surface area contributed by atoms with Crippen LogP contribution >= 0.6 is 0 Å². The van der Waals surface area contributed by atoms with Crippen LogP contribution in [0.15, 0.2) is 24.3 Å². The lowest BCUT2D eigenvalue weighted by Crippen LogP contribution is -2.53. The molecule has 8 N–H and O–H groups in total. The number of aromatic hydroxyl groups is 1. The normalized spacial score (nSPS) is 12.7. The number of nitrogens with one attached hydrogen (secondary N) is 5. The van der Waals surface area contributed by atoms with Crippen LogP contribution in [0.25, 0.3) is 0 Å². The highest BCUT2D eigenvalue weighted by molar-refractivity contribution is 5.91. The molecule has 15 nitrogen and oxygen atoms in total. The van der Waals surface area contributed by atoms with Gasteiger partial charge < -0.3 is 51.6 Å². The van der Waals surface area contributed by atoms with Crippen LogP contribution in [0.2, 0.25) is 0 Å². The molecule has 0 fully saturated rings. The van der Waals surface area contributed by atoms with Gasteiger partial charge in [0.05, 0.1) is 6.04 Å². The van der Waals surface area contributed by atoms with Crippen molar-refractivity contribution in [3.63, 3.8) is 0 Å². The molecule has 0 heterocycles. The van der Waals surface area contributed by atoms with Gasteiger partial charge in [-0.1, -0.05) is 50.7 Å². The monoisotopic (exact) mass is 779 g/mol. The van der Waals surface area contributed by atoms with E-state index in [9.17, 15) is 29.1 Å². The maximum Gasteiger partial charge on any atom is 0.242 e. The van der Waals surface area contributed by atoms with Gasteiger partial charge in [0.15, 0.2) is 0 Å². The number of rotatable bonds is 34. The summed E-state index contributed by atoms with van der Waals surface area (Å²) < 4.78 is 15.2. The molecule has 1 aromatic rings. The molecule has 0 aliphatic rings. The molecule has 55 heavy (non-hydrogen) atoms. The summed E-state index contributed by atoms with van der Waals surface area (Å²) in [6, 6.07) is 3.33. The number of hydrogen-bond donors (Lipinski definition) is 7. The van der Waals surface area contributed by atoms with E-state index in [1.807, 2.05) is 0 Å². The first kappa shape index (κ1) is 49.2. The minimum atomic E-state index is -1.05. The smallest absolute Gasteiger partial charge is 0.242 e.